The quantitative estimate of drug-likeness (QED) is 0.675. The SMILES string of the molecule is CC(=O)c1ccc(C=C(CO)B2OC(C)(C)C(C)(C)O2)cc1Cl. The van der Waals surface area contributed by atoms with Crippen LogP contribution in [0.4, 0.5) is 0 Å². The predicted octanol–water partition coefficient (Wildman–Crippen LogP) is 3.55. The van der Waals surface area contributed by atoms with Crippen molar-refractivity contribution in [2.45, 2.75) is 45.8 Å². The zero-order chi connectivity index (χ0) is 17.4. The van der Waals surface area contributed by atoms with E-state index in [1.165, 1.54) is 6.92 Å². The Hall–Kier alpha value is -1.14. The lowest BCUT2D eigenvalue weighted by Gasteiger charge is -2.32. The fourth-order valence-corrected chi connectivity index (χ4v) is 2.63. The molecule has 0 aromatic heterocycles. The summed E-state index contributed by atoms with van der Waals surface area (Å²) >= 11 is 6.13. The summed E-state index contributed by atoms with van der Waals surface area (Å²) in [7, 11) is -0.615. The van der Waals surface area contributed by atoms with Gasteiger partial charge in [-0.1, -0.05) is 23.7 Å². The fraction of sp³-hybridized carbons (Fsp3) is 0.471. The van der Waals surface area contributed by atoms with E-state index in [-0.39, 0.29) is 12.4 Å². The molecular weight excluding hydrogens is 314 g/mol. The molecule has 1 fully saturated rings. The summed E-state index contributed by atoms with van der Waals surface area (Å²) in [4.78, 5) is 11.4. The molecule has 2 rings (SSSR count). The van der Waals surface area contributed by atoms with E-state index in [2.05, 4.69) is 0 Å². The average molecular weight is 337 g/mol. The zero-order valence-electron chi connectivity index (χ0n) is 14.1. The number of carbonyl (C=O) groups excluding carboxylic acids is 1. The minimum Gasteiger partial charge on any atom is -0.400 e. The highest BCUT2D eigenvalue weighted by Crippen LogP contribution is 2.38. The summed E-state index contributed by atoms with van der Waals surface area (Å²) in [6.07, 6.45) is 1.78. The highest BCUT2D eigenvalue weighted by Gasteiger charge is 2.52. The van der Waals surface area contributed by atoms with Crippen LogP contribution in [-0.4, -0.2) is 35.8 Å². The first kappa shape index (κ1) is 18.2. The van der Waals surface area contributed by atoms with Crippen LogP contribution in [0.2, 0.25) is 5.02 Å². The van der Waals surface area contributed by atoms with E-state index in [4.69, 9.17) is 20.9 Å². The summed E-state index contributed by atoms with van der Waals surface area (Å²) in [5.74, 6) is -0.0844. The van der Waals surface area contributed by atoms with Gasteiger partial charge in [-0.05, 0) is 57.8 Å². The molecule has 0 atom stereocenters. The molecule has 1 aliphatic rings. The second kappa shape index (κ2) is 6.40. The first-order valence-electron chi connectivity index (χ1n) is 7.55. The summed E-state index contributed by atoms with van der Waals surface area (Å²) in [6, 6.07) is 5.15. The number of Topliss-reactive ketones (excluding diaryl/α,β-unsaturated/α-hetero) is 1. The standard InChI is InChI=1S/C17H22BClO4/c1-11(21)14-7-6-12(9-15(14)19)8-13(10-20)18-22-16(2,3)17(4,5)23-18/h6-9,20H,10H2,1-5H3. The van der Waals surface area contributed by atoms with E-state index in [1.807, 2.05) is 27.7 Å². The topological polar surface area (TPSA) is 55.8 Å². The molecule has 23 heavy (non-hydrogen) atoms. The smallest absolute Gasteiger partial charge is 0.400 e. The van der Waals surface area contributed by atoms with Crippen molar-refractivity contribution in [3.8, 4) is 0 Å². The lowest BCUT2D eigenvalue weighted by molar-refractivity contribution is 0.00578. The maximum Gasteiger partial charge on any atom is 0.492 e. The van der Waals surface area contributed by atoms with Crippen molar-refractivity contribution < 1.29 is 19.2 Å². The van der Waals surface area contributed by atoms with Gasteiger partial charge in [-0.15, -0.1) is 0 Å². The van der Waals surface area contributed by atoms with E-state index in [0.717, 1.165) is 5.56 Å². The van der Waals surface area contributed by atoms with Crippen molar-refractivity contribution in [3.05, 3.63) is 39.8 Å². The number of hydrogen-bond donors (Lipinski definition) is 1. The molecule has 1 saturated heterocycles. The molecule has 1 aliphatic heterocycles. The highest BCUT2D eigenvalue weighted by atomic mass is 35.5. The number of carbonyl (C=O) groups is 1. The summed E-state index contributed by atoms with van der Waals surface area (Å²) in [5, 5.41) is 10.1. The van der Waals surface area contributed by atoms with Gasteiger partial charge in [0.15, 0.2) is 5.78 Å². The molecule has 0 unspecified atom stereocenters. The third-order valence-corrected chi connectivity index (χ3v) is 4.78. The molecule has 0 amide bonds. The molecule has 1 heterocycles. The van der Waals surface area contributed by atoms with Crippen LogP contribution in [0.15, 0.2) is 23.7 Å². The van der Waals surface area contributed by atoms with Gasteiger partial charge in [0.1, 0.15) is 0 Å². The van der Waals surface area contributed by atoms with Crippen LogP contribution in [0.5, 0.6) is 0 Å². The van der Waals surface area contributed by atoms with Crippen LogP contribution in [0.25, 0.3) is 6.08 Å². The van der Waals surface area contributed by atoms with Gasteiger partial charge < -0.3 is 14.4 Å². The largest absolute Gasteiger partial charge is 0.492 e. The monoisotopic (exact) mass is 336 g/mol. The lowest BCUT2D eigenvalue weighted by atomic mass is 9.77. The van der Waals surface area contributed by atoms with E-state index in [1.54, 1.807) is 24.3 Å². The molecule has 0 spiro atoms. The number of benzene rings is 1. The second-order valence-electron chi connectivity index (χ2n) is 6.76. The van der Waals surface area contributed by atoms with Crippen LogP contribution in [-0.2, 0) is 9.31 Å². The fourth-order valence-electron chi connectivity index (χ4n) is 2.30. The number of aliphatic hydroxyl groups excluding tert-OH is 1. The molecule has 0 saturated carbocycles. The van der Waals surface area contributed by atoms with Gasteiger partial charge in [-0.25, -0.2) is 0 Å². The molecule has 1 aromatic rings. The summed E-state index contributed by atoms with van der Waals surface area (Å²) in [6.45, 7) is 9.12. The molecular formula is C17H22BClO4. The molecule has 1 aromatic carbocycles. The Bertz CT molecular complexity index is 636. The molecule has 0 aliphatic carbocycles. The number of hydrogen-bond acceptors (Lipinski definition) is 4. The number of halogens is 1. The first-order valence-corrected chi connectivity index (χ1v) is 7.92. The van der Waals surface area contributed by atoms with Gasteiger partial charge in [-0.3, -0.25) is 4.79 Å². The Morgan fingerprint density at radius 3 is 2.26 bits per heavy atom. The Morgan fingerprint density at radius 1 is 1.26 bits per heavy atom. The van der Waals surface area contributed by atoms with E-state index >= 15 is 0 Å². The number of ketones is 1. The third kappa shape index (κ3) is 3.69. The van der Waals surface area contributed by atoms with Gasteiger partial charge >= 0.3 is 7.12 Å². The molecule has 4 nitrogen and oxygen atoms in total. The van der Waals surface area contributed by atoms with Gasteiger partial charge in [-0.2, -0.15) is 0 Å². The maximum atomic E-state index is 11.4. The summed E-state index contributed by atoms with van der Waals surface area (Å²) in [5.41, 5.74) is 0.920. The van der Waals surface area contributed by atoms with Crippen LogP contribution in [0.3, 0.4) is 0 Å². The van der Waals surface area contributed by atoms with Crippen molar-refractivity contribution in [3.63, 3.8) is 0 Å². The predicted molar refractivity (Wildman–Crippen MR) is 92.6 cm³/mol. The third-order valence-electron chi connectivity index (χ3n) is 4.46. The van der Waals surface area contributed by atoms with E-state index < -0.39 is 18.3 Å². The van der Waals surface area contributed by atoms with Gasteiger partial charge in [0.05, 0.1) is 22.8 Å². The summed E-state index contributed by atoms with van der Waals surface area (Å²) < 4.78 is 11.9. The van der Waals surface area contributed by atoms with Crippen molar-refractivity contribution >= 4 is 30.6 Å². The average Bonchev–Trinajstić information content (AvgIpc) is 2.64. The van der Waals surface area contributed by atoms with Gasteiger partial charge in [0.25, 0.3) is 0 Å². The van der Waals surface area contributed by atoms with Crippen LogP contribution >= 0.6 is 11.6 Å². The second-order valence-corrected chi connectivity index (χ2v) is 7.17. The van der Waals surface area contributed by atoms with Crippen molar-refractivity contribution in [2.24, 2.45) is 0 Å². The molecule has 1 N–H and O–H groups in total. The van der Waals surface area contributed by atoms with Gasteiger partial charge in [0, 0.05) is 5.56 Å². The van der Waals surface area contributed by atoms with Crippen molar-refractivity contribution in [1.29, 1.82) is 0 Å². The number of aliphatic hydroxyl groups is 1. The van der Waals surface area contributed by atoms with Crippen LogP contribution in [0.1, 0.15) is 50.5 Å². The molecule has 0 radical (unpaired) electrons. The Labute approximate surface area is 142 Å². The highest BCUT2D eigenvalue weighted by molar-refractivity contribution is 6.55. The van der Waals surface area contributed by atoms with Crippen molar-refractivity contribution in [1.82, 2.24) is 0 Å². The van der Waals surface area contributed by atoms with Gasteiger partial charge in [0.2, 0.25) is 0 Å². The lowest BCUT2D eigenvalue weighted by Crippen LogP contribution is -2.41. The first-order chi connectivity index (χ1) is 10.6. The molecule has 124 valence electrons. The van der Waals surface area contributed by atoms with Crippen LogP contribution < -0.4 is 0 Å². The zero-order valence-corrected chi connectivity index (χ0v) is 14.9. The molecule has 6 heteroatoms. The maximum absolute atomic E-state index is 11.4. The van der Waals surface area contributed by atoms with Crippen molar-refractivity contribution in [2.75, 3.05) is 6.61 Å². The van der Waals surface area contributed by atoms with E-state index in [9.17, 15) is 9.90 Å². The Kier molecular flexibility index (Phi) is 5.07. The number of rotatable bonds is 4. The van der Waals surface area contributed by atoms with E-state index in [0.29, 0.717) is 16.1 Å². The Balaban J connectivity index is 2.30. The minimum atomic E-state index is -0.615. The molecule has 0 bridgehead atoms. The Morgan fingerprint density at radius 2 is 1.83 bits per heavy atom. The normalized spacial score (nSPS) is 20.0. The minimum absolute atomic E-state index is 0.0844. The van der Waals surface area contributed by atoms with Crippen LogP contribution in [0, 0.1) is 0 Å².